The summed E-state index contributed by atoms with van der Waals surface area (Å²) in [6.07, 6.45) is 11.9. The Balaban J connectivity index is 1.51. The van der Waals surface area contributed by atoms with Crippen molar-refractivity contribution in [2.45, 2.75) is 37.3 Å². The lowest BCUT2D eigenvalue weighted by atomic mass is 9.81. The third kappa shape index (κ3) is 3.07. The van der Waals surface area contributed by atoms with Crippen molar-refractivity contribution >= 4 is 5.91 Å². The average Bonchev–Trinajstić information content (AvgIpc) is 3.27. The molecule has 0 N–H and O–H groups in total. The molecule has 0 radical (unpaired) electrons. The predicted octanol–water partition coefficient (Wildman–Crippen LogP) is 3.21. The number of hydrogen-bond donors (Lipinski definition) is 0. The lowest BCUT2D eigenvalue weighted by Gasteiger charge is -2.44. The summed E-state index contributed by atoms with van der Waals surface area (Å²) in [5.74, 6) is 0.144. The molecule has 2 aliphatic heterocycles. The van der Waals surface area contributed by atoms with E-state index < -0.39 is 0 Å². The lowest BCUT2D eigenvalue weighted by Crippen LogP contribution is -2.52. The van der Waals surface area contributed by atoms with Gasteiger partial charge in [0.2, 0.25) is 5.91 Å². The largest absolute Gasteiger partial charge is 0.472 e. The number of pyridine rings is 1. The first-order valence-electron chi connectivity index (χ1n) is 9.28. The fourth-order valence-electron chi connectivity index (χ4n) is 4.50. The molecule has 2 aromatic heterocycles. The Bertz CT molecular complexity index is 749. The zero-order valence-electron chi connectivity index (χ0n) is 15.0. The van der Waals surface area contributed by atoms with Crippen LogP contribution in [0.4, 0.5) is 0 Å². The van der Waals surface area contributed by atoms with Crippen LogP contribution in [-0.4, -0.2) is 45.9 Å². The van der Waals surface area contributed by atoms with Crippen molar-refractivity contribution in [2.75, 3.05) is 19.6 Å². The summed E-state index contributed by atoms with van der Waals surface area (Å²) in [5.41, 5.74) is 2.18. The van der Waals surface area contributed by atoms with Crippen molar-refractivity contribution in [1.82, 2.24) is 14.8 Å². The summed E-state index contributed by atoms with van der Waals surface area (Å²) >= 11 is 0. The fraction of sp³-hybridized carbons (Fsp3) is 0.429. The minimum Gasteiger partial charge on any atom is -0.472 e. The second-order valence-corrected chi connectivity index (χ2v) is 7.41. The predicted molar refractivity (Wildman–Crippen MR) is 99.5 cm³/mol. The molecule has 5 nitrogen and oxygen atoms in total. The molecule has 0 aromatic carbocycles. The maximum Gasteiger partial charge on any atom is 0.231 e. The molecule has 2 saturated heterocycles. The molecule has 4 heterocycles. The van der Waals surface area contributed by atoms with Gasteiger partial charge in [-0.3, -0.25) is 14.7 Å². The van der Waals surface area contributed by atoms with Crippen molar-refractivity contribution in [3.05, 3.63) is 66.9 Å². The number of carbonyl (C=O) groups is 1. The smallest absolute Gasteiger partial charge is 0.231 e. The normalized spacial score (nSPS) is 22.8. The van der Waals surface area contributed by atoms with Crippen molar-refractivity contribution in [3.63, 3.8) is 0 Å². The number of likely N-dealkylation sites (tertiary alicyclic amines) is 2. The SMILES string of the molecule is C=CCN1C(=O)C(c2cccnc2)CC12CCN(Cc1ccoc1)CC2. The van der Waals surface area contributed by atoms with Crippen LogP contribution in [0, 0.1) is 0 Å². The van der Waals surface area contributed by atoms with Gasteiger partial charge in [-0.2, -0.15) is 0 Å². The summed E-state index contributed by atoms with van der Waals surface area (Å²) in [4.78, 5) is 21.9. The topological polar surface area (TPSA) is 49.6 Å². The third-order valence-electron chi connectivity index (χ3n) is 5.89. The third-order valence-corrected chi connectivity index (χ3v) is 5.89. The Morgan fingerprint density at radius 2 is 2.19 bits per heavy atom. The van der Waals surface area contributed by atoms with Crippen LogP contribution in [0.2, 0.25) is 0 Å². The van der Waals surface area contributed by atoms with Crippen molar-refractivity contribution in [3.8, 4) is 0 Å². The number of rotatable bonds is 5. The molecular weight excluding hydrogens is 326 g/mol. The highest BCUT2D eigenvalue weighted by Gasteiger charge is 2.51. The van der Waals surface area contributed by atoms with E-state index in [0.717, 1.165) is 44.5 Å². The molecule has 1 unspecified atom stereocenters. The maximum absolute atomic E-state index is 13.1. The number of nitrogens with zero attached hydrogens (tertiary/aromatic N) is 3. The molecule has 2 aliphatic rings. The zero-order chi connectivity index (χ0) is 18.0. The van der Waals surface area contributed by atoms with Crippen LogP contribution >= 0.6 is 0 Å². The quantitative estimate of drug-likeness (QED) is 0.776. The summed E-state index contributed by atoms with van der Waals surface area (Å²) < 4.78 is 5.18. The molecule has 0 bridgehead atoms. The van der Waals surface area contributed by atoms with Crippen LogP contribution in [0.3, 0.4) is 0 Å². The molecular formula is C21H25N3O2. The number of furan rings is 1. The first kappa shape index (κ1) is 17.0. The monoisotopic (exact) mass is 351 g/mol. The van der Waals surface area contributed by atoms with Crippen molar-refractivity contribution in [1.29, 1.82) is 0 Å². The second kappa shape index (κ2) is 7.08. The maximum atomic E-state index is 13.1. The van der Waals surface area contributed by atoms with E-state index >= 15 is 0 Å². The average molecular weight is 351 g/mol. The first-order valence-corrected chi connectivity index (χ1v) is 9.28. The highest BCUT2D eigenvalue weighted by Crippen LogP contribution is 2.45. The Morgan fingerprint density at radius 1 is 1.35 bits per heavy atom. The molecule has 1 spiro atoms. The number of piperidine rings is 1. The van der Waals surface area contributed by atoms with Crippen LogP contribution < -0.4 is 0 Å². The molecule has 1 atom stereocenters. The molecule has 2 fully saturated rings. The van der Waals surface area contributed by atoms with Gasteiger partial charge in [-0.1, -0.05) is 12.1 Å². The van der Waals surface area contributed by atoms with E-state index in [1.54, 1.807) is 12.5 Å². The molecule has 136 valence electrons. The zero-order valence-corrected chi connectivity index (χ0v) is 15.0. The molecule has 5 heteroatoms. The van der Waals surface area contributed by atoms with Crippen LogP contribution in [-0.2, 0) is 11.3 Å². The summed E-state index contributed by atoms with van der Waals surface area (Å²) in [5, 5.41) is 0. The van der Waals surface area contributed by atoms with Gasteiger partial charge in [0.25, 0.3) is 0 Å². The first-order chi connectivity index (χ1) is 12.7. The van der Waals surface area contributed by atoms with Crippen molar-refractivity contribution in [2.24, 2.45) is 0 Å². The molecule has 2 aromatic rings. The van der Waals surface area contributed by atoms with E-state index in [1.807, 2.05) is 36.7 Å². The van der Waals surface area contributed by atoms with Gasteiger partial charge >= 0.3 is 0 Å². The van der Waals surface area contributed by atoms with Crippen LogP contribution in [0.5, 0.6) is 0 Å². The van der Waals surface area contributed by atoms with Gasteiger partial charge in [0, 0.05) is 49.7 Å². The van der Waals surface area contributed by atoms with Gasteiger partial charge in [0.15, 0.2) is 0 Å². The molecule has 0 saturated carbocycles. The van der Waals surface area contributed by atoms with Gasteiger partial charge in [-0.05, 0) is 37.0 Å². The Labute approximate surface area is 154 Å². The van der Waals surface area contributed by atoms with Gasteiger partial charge in [-0.25, -0.2) is 0 Å². The molecule has 26 heavy (non-hydrogen) atoms. The second-order valence-electron chi connectivity index (χ2n) is 7.41. The van der Waals surface area contributed by atoms with E-state index in [0.29, 0.717) is 6.54 Å². The number of carbonyl (C=O) groups excluding carboxylic acids is 1. The minimum atomic E-state index is -0.0796. The van der Waals surface area contributed by atoms with E-state index in [4.69, 9.17) is 4.42 Å². The molecule has 1 amide bonds. The summed E-state index contributed by atoms with van der Waals surface area (Å²) in [6.45, 7) is 7.39. The Hall–Kier alpha value is -2.40. The van der Waals surface area contributed by atoms with Crippen LogP contribution in [0.25, 0.3) is 0 Å². The Kier molecular flexibility index (Phi) is 4.64. The minimum absolute atomic E-state index is 0.0569. The Morgan fingerprint density at radius 3 is 2.85 bits per heavy atom. The van der Waals surface area contributed by atoms with E-state index in [9.17, 15) is 4.79 Å². The van der Waals surface area contributed by atoms with E-state index in [-0.39, 0.29) is 17.4 Å². The van der Waals surface area contributed by atoms with Crippen LogP contribution in [0.15, 0.2) is 60.2 Å². The number of amides is 1. The van der Waals surface area contributed by atoms with Crippen LogP contribution in [0.1, 0.15) is 36.3 Å². The van der Waals surface area contributed by atoms with Gasteiger partial charge in [0.1, 0.15) is 0 Å². The lowest BCUT2D eigenvalue weighted by molar-refractivity contribution is -0.132. The number of hydrogen-bond acceptors (Lipinski definition) is 4. The van der Waals surface area contributed by atoms with Gasteiger partial charge < -0.3 is 9.32 Å². The van der Waals surface area contributed by atoms with E-state index in [1.165, 1.54) is 5.56 Å². The highest BCUT2D eigenvalue weighted by atomic mass is 16.3. The summed E-state index contributed by atoms with van der Waals surface area (Å²) in [6, 6.07) is 5.96. The number of aromatic nitrogens is 1. The highest BCUT2D eigenvalue weighted by molar-refractivity contribution is 5.87. The van der Waals surface area contributed by atoms with E-state index in [2.05, 4.69) is 21.4 Å². The van der Waals surface area contributed by atoms with Crippen molar-refractivity contribution < 1.29 is 9.21 Å². The fourth-order valence-corrected chi connectivity index (χ4v) is 4.50. The standard InChI is InChI=1S/C21H25N3O2/c1-2-9-24-20(25)19(18-4-3-8-22-14-18)13-21(24)6-10-23(11-7-21)15-17-5-12-26-16-17/h2-5,8,12,14,16,19H,1,6-7,9-11,13,15H2. The molecule has 4 rings (SSSR count). The summed E-state index contributed by atoms with van der Waals surface area (Å²) in [7, 11) is 0. The molecule has 0 aliphatic carbocycles. The van der Waals surface area contributed by atoms with Gasteiger partial charge in [0.05, 0.1) is 18.4 Å². The van der Waals surface area contributed by atoms with Gasteiger partial charge in [-0.15, -0.1) is 6.58 Å².